The molecule has 9 nitrogen and oxygen atoms in total. The minimum Gasteiger partial charge on any atom is -0.339 e. The molecule has 2 saturated heterocycles. The molecule has 10 heteroatoms. The van der Waals surface area contributed by atoms with E-state index in [1.807, 2.05) is 9.80 Å². The first-order valence-electron chi connectivity index (χ1n) is 10.1. The number of sulfonamides is 1. The Bertz CT molecular complexity index is 852. The predicted molar refractivity (Wildman–Crippen MR) is 108 cm³/mol. The van der Waals surface area contributed by atoms with Crippen molar-refractivity contribution in [2.45, 2.75) is 43.5 Å². The van der Waals surface area contributed by atoms with Gasteiger partial charge in [-0.3, -0.25) is 19.8 Å². The molecule has 0 N–H and O–H groups in total. The molecular weight excluding hydrogens is 396 g/mol. The molecule has 0 radical (unpaired) electrons. The fourth-order valence-electron chi connectivity index (χ4n) is 4.07. The van der Waals surface area contributed by atoms with Gasteiger partial charge in [0.25, 0.3) is 5.69 Å². The summed E-state index contributed by atoms with van der Waals surface area (Å²) >= 11 is 0. The summed E-state index contributed by atoms with van der Waals surface area (Å²) < 4.78 is 27.0. The van der Waals surface area contributed by atoms with Gasteiger partial charge in [-0.1, -0.05) is 13.0 Å². The summed E-state index contributed by atoms with van der Waals surface area (Å²) in [5.74, 6) is 0.117. The van der Waals surface area contributed by atoms with E-state index in [4.69, 9.17) is 0 Å². The Morgan fingerprint density at radius 1 is 1.17 bits per heavy atom. The normalized spacial score (nSPS) is 21.8. The number of benzene rings is 1. The Morgan fingerprint density at radius 3 is 2.55 bits per heavy atom. The van der Waals surface area contributed by atoms with E-state index in [1.54, 1.807) is 0 Å². The van der Waals surface area contributed by atoms with Gasteiger partial charge in [-0.15, -0.1) is 0 Å². The van der Waals surface area contributed by atoms with Crippen molar-refractivity contribution in [1.82, 2.24) is 14.1 Å². The number of piperazine rings is 1. The zero-order chi connectivity index (χ0) is 21.0. The van der Waals surface area contributed by atoms with Gasteiger partial charge in [0.15, 0.2) is 0 Å². The monoisotopic (exact) mass is 424 g/mol. The van der Waals surface area contributed by atoms with Crippen LogP contribution in [0.5, 0.6) is 0 Å². The zero-order valence-corrected chi connectivity index (χ0v) is 17.5. The molecule has 160 valence electrons. The minimum absolute atomic E-state index is 0.0738. The quantitative estimate of drug-likeness (QED) is 0.508. The zero-order valence-electron chi connectivity index (χ0n) is 16.7. The van der Waals surface area contributed by atoms with Crippen LogP contribution in [0.1, 0.15) is 32.6 Å². The molecule has 2 aliphatic heterocycles. The molecule has 0 spiro atoms. The number of amides is 1. The number of carbonyl (C=O) groups excluding carboxylic acids is 1. The highest BCUT2D eigenvalue weighted by Gasteiger charge is 2.32. The highest BCUT2D eigenvalue weighted by Crippen LogP contribution is 2.23. The summed E-state index contributed by atoms with van der Waals surface area (Å²) in [6, 6.07) is 5.42. The molecule has 1 amide bonds. The molecule has 29 heavy (non-hydrogen) atoms. The Balaban J connectivity index is 1.59. The third-order valence-electron chi connectivity index (χ3n) is 5.78. The molecule has 1 aromatic carbocycles. The van der Waals surface area contributed by atoms with Crippen molar-refractivity contribution >= 4 is 21.6 Å². The summed E-state index contributed by atoms with van der Waals surface area (Å²) in [6.45, 7) is 4.66. The van der Waals surface area contributed by atoms with E-state index in [2.05, 4.69) is 6.92 Å². The van der Waals surface area contributed by atoms with E-state index in [0.29, 0.717) is 25.7 Å². The molecule has 1 aromatic rings. The maximum absolute atomic E-state index is 12.8. The Kier molecular flexibility index (Phi) is 6.86. The third kappa shape index (κ3) is 4.93. The number of nitro benzene ring substituents is 1. The van der Waals surface area contributed by atoms with Gasteiger partial charge in [0.05, 0.1) is 16.4 Å². The number of likely N-dealkylation sites (tertiary alicyclic amines) is 1. The average molecular weight is 425 g/mol. The van der Waals surface area contributed by atoms with Crippen molar-refractivity contribution < 1.29 is 18.1 Å². The van der Waals surface area contributed by atoms with Crippen LogP contribution in [0.4, 0.5) is 5.69 Å². The van der Waals surface area contributed by atoms with Crippen LogP contribution in [-0.4, -0.2) is 78.7 Å². The van der Waals surface area contributed by atoms with Crippen LogP contribution in [0.15, 0.2) is 29.2 Å². The van der Waals surface area contributed by atoms with E-state index in [1.165, 1.54) is 22.5 Å². The second-order valence-electron chi connectivity index (χ2n) is 7.58. The van der Waals surface area contributed by atoms with Gasteiger partial charge in [-0.25, -0.2) is 8.42 Å². The SMILES string of the molecule is CC[C@@H]1CCCCN1C(=O)CN1CCN(S(=O)(=O)c2cccc([N+](=O)[O-])c2)CC1. The molecule has 0 unspecified atom stereocenters. The van der Waals surface area contributed by atoms with Crippen molar-refractivity contribution in [1.29, 1.82) is 0 Å². The van der Waals surface area contributed by atoms with Crippen LogP contribution in [0.25, 0.3) is 0 Å². The number of carbonyl (C=O) groups is 1. The molecule has 0 aliphatic carbocycles. The van der Waals surface area contributed by atoms with Gasteiger partial charge in [0.1, 0.15) is 0 Å². The highest BCUT2D eigenvalue weighted by molar-refractivity contribution is 7.89. The number of piperidine rings is 1. The summed E-state index contributed by atoms with van der Waals surface area (Å²) in [7, 11) is -3.80. The minimum atomic E-state index is -3.80. The first-order valence-corrected chi connectivity index (χ1v) is 11.5. The second-order valence-corrected chi connectivity index (χ2v) is 9.52. The summed E-state index contributed by atoms with van der Waals surface area (Å²) in [6.07, 6.45) is 4.21. The van der Waals surface area contributed by atoms with Gasteiger partial charge >= 0.3 is 0 Å². The molecule has 3 rings (SSSR count). The standard InChI is InChI=1S/C19H28N4O5S/c1-2-16-6-3-4-9-22(16)19(24)15-20-10-12-21(13-11-20)29(27,28)18-8-5-7-17(14-18)23(25)26/h5,7-8,14,16H,2-4,6,9-13,15H2,1H3/t16-/m1/s1. The number of non-ortho nitro benzene ring substituents is 1. The van der Waals surface area contributed by atoms with Gasteiger partial charge in [-0.2, -0.15) is 4.31 Å². The maximum Gasteiger partial charge on any atom is 0.270 e. The third-order valence-corrected chi connectivity index (χ3v) is 7.67. The first-order chi connectivity index (χ1) is 13.8. The Morgan fingerprint density at radius 2 is 1.90 bits per heavy atom. The van der Waals surface area contributed by atoms with Gasteiger partial charge in [0.2, 0.25) is 15.9 Å². The lowest BCUT2D eigenvalue weighted by Crippen LogP contribution is -2.53. The van der Waals surface area contributed by atoms with Crippen molar-refractivity contribution in [3.63, 3.8) is 0 Å². The number of hydrogen-bond donors (Lipinski definition) is 0. The van der Waals surface area contributed by atoms with Crippen LogP contribution in [0.3, 0.4) is 0 Å². The number of hydrogen-bond acceptors (Lipinski definition) is 6. The van der Waals surface area contributed by atoms with E-state index in [0.717, 1.165) is 38.3 Å². The number of rotatable bonds is 6. The number of nitrogens with zero attached hydrogens (tertiary/aromatic N) is 4. The highest BCUT2D eigenvalue weighted by atomic mass is 32.2. The fourth-order valence-corrected chi connectivity index (χ4v) is 5.53. The molecule has 2 fully saturated rings. The Labute approximate surface area is 171 Å². The van der Waals surface area contributed by atoms with Gasteiger partial charge in [-0.05, 0) is 31.7 Å². The van der Waals surface area contributed by atoms with E-state index in [-0.39, 0.29) is 29.6 Å². The topological polar surface area (TPSA) is 104 Å². The average Bonchev–Trinajstić information content (AvgIpc) is 2.74. The molecule has 0 saturated carbocycles. The van der Waals surface area contributed by atoms with Gasteiger partial charge < -0.3 is 4.90 Å². The van der Waals surface area contributed by atoms with Gasteiger partial charge in [0, 0.05) is 50.9 Å². The second kappa shape index (κ2) is 9.19. The van der Waals surface area contributed by atoms with Crippen LogP contribution in [0, 0.1) is 10.1 Å². The smallest absolute Gasteiger partial charge is 0.270 e. The lowest BCUT2D eigenvalue weighted by Gasteiger charge is -2.38. The number of nitro groups is 1. The van der Waals surface area contributed by atoms with Crippen molar-refractivity contribution in [2.75, 3.05) is 39.3 Å². The van der Waals surface area contributed by atoms with E-state index >= 15 is 0 Å². The molecular formula is C19H28N4O5S. The predicted octanol–water partition coefficient (Wildman–Crippen LogP) is 1.69. The van der Waals surface area contributed by atoms with Crippen LogP contribution < -0.4 is 0 Å². The lowest BCUT2D eigenvalue weighted by atomic mass is 10.00. The van der Waals surface area contributed by atoms with Crippen LogP contribution in [0.2, 0.25) is 0 Å². The van der Waals surface area contributed by atoms with Crippen LogP contribution in [-0.2, 0) is 14.8 Å². The molecule has 0 aromatic heterocycles. The summed E-state index contributed by atoms with van der Waals surface area (Å²) in [4.78, 5) is 27.0. The van der Waals surface area contributed by atoms with E-state index < -0.39 is 14.9 Å². The molecule has 2 aliphatic rings. The Hall–Kier alpha value is -2.04. The van der Waals surface area contributed by atoms with Crippen LogP contribution >= 0.6 is 0 Å². The lowest BCUT2D eigenvalue weighted by molar-refractivity contribution is -0.385. The molecule has 0 bridgehead atoms. The summed E-state index contributed by atoms with van der Waals surface area (Å²) in [5, 5.41) is 10.9. The van der Waals surface area contributed by atoms with Crippen molar-refractivity contribution in [3.8, 4) is 0 Å². The summed E-state index contributed by atoms with van der Waals surface area (Å²) in [5.41, 5.74) is -0.248. The molecule has 2 heterocycles. The van der Waals surface area contributed by atoms with Crippen molar-refractivity contribution in [3.05, 3.63) is 34.4 Å². The van der Waals surface area contributed by atoms with E-state index in [9.17, 15) is 23.3 Å². The molecule has 1 atom stereocenters. The maximum atomic E-state index is 12.8. The largest absolute Gasteiger partial charge is 0.339 e. The fraction of sp³-hybridized carbons (Fsp3) is 0.632. The first kappa shape index (κ1) is 21.7. The van der Waals surface area contributed by atoms with Crippen molar-refractivity contribution in [2.24, 2.45) is 0 Å².